The molecule has 0 saturated carbocycles. The number of aryl methyl sites for hydroxylation is 1. The summed E-state index contributed by atoms with van der Waals surface area (Å²) in [5, 5.41) is 9.39. The molecular formula is C11H15N3O2. The van der Waals surface area contributed by atoms with E-state index in [2.05, 4.69) is 4.98 Å². The molecule has 0 aliphatic carbocycles. The van der Waals surface area contributed by atoms with Gasteiger partial charge in [0, 0.05) is 13.1 Å². The molecule has 0 aromatic carbocycles. The van der Waals surface area contributed by atoms with Crippen molar-refractivity contribution in [1.29, 1.82) is 0 Å². The molecule has 16 heavy (non-hydrogen) atoms. The van der Waals surface area contributed by atoms with Crippen molar-refractivity contribution in [2.45, 2.75) is 19.4 Å². The number of pyridine rings is 1. The summed E-state index contributed by atoms with van der Waals surface area (Å²) in [6, 6.07) is 1.63. The summed E-state index contributed by atoms with van der Waals surface area (Å²) in [6.07, 6.45) is 1.77. The number of likely N-dealkylation sites (tertiary alicyclic amines) is 1. The minimum Gasteiger partial charge on any atom is -0.397 e. The van der Waals surface area contributed by atoms with Gasteiger partial charge in [0.05, 0.1) is 29.2 Å². The Labute approximate surface area is 93.9 Å². The van der Waals surface area contributed by atoms with Gasteiger partial charge in [0.25, 0.3) is 5.91 Å². The summed E-state index contributed by atoms with van der Waals surface area (Å²) in [6.45, 7) is 2.76. The van der Waals surface area contributed by atoms with Gasteiger partial charge in [-0.1, -0.05) is 0 Å². The number of hydrogen-bond acceptors (Lipinski definition) is 4. The highest BCUT2D eigenvalue weighted by Crippen LogP contribution is 2.16. The summed E-state index contributed by atoms with van der Waals surface area (Å²) in [5.74, 6) is -0.103. The molecule has 3 N–H and O–H groups in total. The maximum Gasteiger partial charge on any atom is 0.255 e. The first-order valence-corrected chi connectivity index (χ1v) is 5.27. The van der Waals surface area contributed by atoms with E-state index in [9.17, 15) is 9.90 Å². The zero-order chi connectivity index (χ0) is 11.7. The molecule has 1 aliphatic rings. The van der Waals surface area contributed by atoms with Gasteiger partial charge in [-0.3, -0.25) is 9.78 Å². The summed E-state index contributed by atoms with van der Waals surface area (Å²) >= 11 is 0. The van der Waals surface area contributed by atoms with Crippen LogP contribution in [0.4, 0.5) is 5.69 Å². The lowest BCUT2D eigenvalue weighted by Gasteiger charge is -2.16. The largest absolute Gasteiger partial charge is 0.397 e. The summed E-state index contributed by atoms with van der Waals surface area (Å²) in [7, 11) is 0. The molecule has 86 valence electrons. The highest BCUT2D eigenvalue weighted by Gasteiger charge is 2.26. The molecule has 5 nitrogen and oxygen atoms in total. The Morgan fingerprint density at radius 1 is 1.69 bits per heavy atom. The van der Waals surface area contributed by atoms with Gasteiger partial charge in [0.1, 0.15) is 0 Å². The quantitative estimate of drug-likeness (QED) is 0.709. The molecule has 1 aliphatic heterocycles. The topological polar surface area (TPSA) is 79.5 Å². The van der Waals surface area contributed by atoms with Gasteiger partial charge in [-0.2, -0.15) is 0 Å². The minimum absolute atomic E-state index is 0.103. The Hall–Kier alpha value is -1.62. The Morgan fingerprint density at radius 3 is 3.06 bits per heavy atom. The SMILES string of the molecule is Cc1ncc(N)cc1C(=O)N1CCC(O)C1. The van der Waals surface area contributed by atoms with E-state index in [1.54, 1.807) is 17.9 Å². The fourth-order valence-corrected chi connectivity index (χ4v) is 1.86. The van der Waals surface area contributed by atoms with Crippen molar-refractivity contribution in [1.82, 2.24) is 9.88 Å². The second kappa shape index (κ2) is 4.09. The fourth-order valence-electron chi connectivity index (χ4n) is 1.86. The summed E-state index contributed by atoms with van der Waals surface area (Å²) < 4.78 is 0. The Balaban J connectivity index is 2.23. The van der Waals surface area contributed by atoms with Crippen LogP contribution < -0.4 is 5.73 Å². The average Bonchev–Trinajstić information content (AvgIpc) is 2.67. The van der Waals surface area contributed by atoms with E-state index in [0.717, 1.165) is 0 Å². The van der Waals surface area contributed by atoms with E-state index < -0.39 is 6.10 Å². The molecule has 0 bridgehead atoms. The van der Waals surface area contributed by atoms with E-state index in [4.69, 9.17) is 5.73 Å². The molecule has 0 spiro atoms. The molecule has 0 radical (unpaired) electrons. The number of aliphatic hydroxyl groups is 1. The van der Waals surface area contributed by atoms with E-state index in [-0.39, 0.29) is 5.91 Å². The van der Waals surface area contributed by atoms with Crippen LogP contribution in [0.5, 0.6) is 0 Å². The van der Waals surface area contributed by atoms with Crippen LogP contribution in [-0.4, -0.2) is 40.1 Å². The van der Waals surface area contributed by atoms with Crippen LogP contribution in [0.25, 0.3) is 0 Å². The first kappa shape index (κ1) is 10.9. The number of carbonyl (C=O) groups excluding carboxylic acids is 1. The number of carbonyl (C=O) groups is 1. The Morgan fingerprint density at radius 2 is 2.44 bits per heavy atom. The lowest BCUT2D eigenvalue weighted by molar-refractivity contribution is 0.0764. The molecule has 1 atom stereocenters. The Kier molecular flexibility index (Phi) is 2.78. The van der Waals surface area contributed by atoms with E-state index in [1.807, 2.05) is 0 Å². The highest BCUT2D eigenvalue weighted by molar-refractivity contribution is 5.96. The van der Waals surface area contributed by atoms with Crippen LogP contribution in [0.1, 0.15) is 22.5 Å². The number of aliphatic hydroxyl groups excluding tert-OH is 1. The molecule has 1 amide bonds. The second-order valence-corrected chi connectivity index (χ2v) is 4.10. The lowest BCUT2D eigenvalue weighted by Crippen LogP contribution is -2.30. The first-order valence-electron chi connectivity index (χ1n) is 5.27. The maximum atomic E-state index is 12.1. The van der Waals surface area contributed by atoms with Crippen molar-refractivity contribution in [3.63, 3.8) is 0 Å². The number of hydrogen-bond donors (Lipinski definition) is 2. The number of nitrogens with zero attached hydrogens (tertiary/aromatic N) is 2. The van der Waals surface area contributed by atoms with Gasteiger partial charge in [-0.15, -0.1) is 0 Å². The van der Waals surface area contributed by atoms with Crippen molar-refractivity contribution in [3.05, 3.63) is 23.5 Å². The van der Waals surface area contributed by atoms with Crippen LogP contribution in [0.3, 0.4) is 0 Å². The number of aromatic nitrogens is 1. The smallest absolute Gasteiger partial charge is 0.255 e. The van der Waals surface area contributed by atoms with E-state index in [1.165, 1.54) is 6.20 Å². The predicted octanol–water partition coefficient (Wildman–Crippen LogP) is 0.179. The predicted molar refractivity (Wildman–Crippen MR) is 59.9 cm³/mol. The van der Waals surface area contributed by atoms with Gasteiger partial charge in [0.15, 0.2) is 0 Å². The summed E-state index contributed by atoms with van der Waals surface area (Å²) in [4.78, 5) is 17.8. The lowest BCUT2D eigenvalue weighted by atomic mass is 10.1. The second-order valence-electron chi connectivity index (χ2n) is 4.10. The van der Waals surface area contributed by atoms with Crippen molar-refractivity contribution in [2.24, 2.45) is 0 Å². The van der Waals surface area contributed by atoms with E-state index in [0.29, 0.717) is 36.5 Å². The number of nitrogen functional groups attached to an aromatic ring is 1. The molecule has 1 fully saturated rings. The van der Waals surface area contributed by atoms with Crippen LogP contribution >= 0.6 is 0 Å². The van der Waals surface area contributed by atoms with Gasteiger partial charge >= 0.3 is 0 Å². The van der Waals surface area contributed by atoms with E-state index >= 15 is 0 Å². The molecular weight excluding hydrogens is 206 g/mol. The van der Waals surface area contributed by atoms with Crippen molar-refractivity contribution in [3.8, 4) is 0 Å². The molecule has 1 aromatic heterocycles. The highest BCUT2D eigenvalue weighted by atomic mass is 16.3. The van der Waals surface area contributed by atoms with Crippen molar-refractivity contribution >= 4 is 11.6 Å². The van der Waals surface area contributed by atoms with Gasteiger partial charge in [-0.25, -0.2) is 0 Å². The number of β-amino-alcohol motifs (C(OH)–C–C–N with tert-alkyl or cyclic N) is 1. The number of amides is 1. The third-order valence-corrected chi connectivity index (χ3v) is 2.79. The van der Waals surface area contributed by atoms with Crippen molar-refractivity contribution < 1.29 is 9.90 Å². The van der Waals surface area contributed by atoms with Crippen LogP contribution in [0.2, 0.25) is 0 Å². The van der Waals surface area contributed by atoms with Gasteiger partial charge in [0.2, 0.25) is 0 Å². The van der Waals surface area contributed by atoms with Gasteiger partial charge in [-0.05, 0) is 19.4 Å². The monoisotopic (exact) mass is 221 g/mol. The number of rotatable bonds is 1. The molecule has 2 heterocycles. The molecule has 2 rings (SSSR count). The van der Waals surface area contributed by atoms with Crippen LogP contribution in [0, 0.1) is 6.92 Å². The Bertz CT molecular complexity index is 420. The molecule has 1 aromatic rings. The standard InChI is InChI=1S/C11H15N3O2/c1-7-10(4-8(12)5-13-7)11(16)14-3-2-9(15)6-14/h4-5,9,15H,2-3,6,12H2,1H3. The number of nitrogens with two attached hydrogens (primary N) is 1. The minimum atomic E-state index is -0.404. The fraction of sp³-hybridized carbons (Fsp3) is 0.455. The maximum absolute atomic E-state index is 12.1. The van der Waals surface area contributed by atoms with Crippen LogP contribution in [0.15, 0.2) is 12.3 Å². The zero-order valence-corrected chi connectivity index (χ0v) is 9.18. The molecule has 1 unspecified atom stereocenters. The normalized spacial score (nSPS) is 20.1. The first-order chi connectivity index (χ1) is 7.58. The summed E-state index contributed by atoms with van der Waals surface area (Å²) in [5.41, 5.74) is 7.28. The number of anilines is 1. The third-order valence-electron chi connectivity index (χ3n) is 2.79. The van der Waals surface area contributed by atoms with Crippen molar-refractivity contribution in [2.75, 3.05) is 18.8 Å². The molecule has 5 heteroatoms. The van der Waals surface area contributed by atoms with Gasteiger partial charge < -0.3 is 15.7 Å². The molecule has 1 saturated heterocycles. The van der Waals surface area contributed by atoms with Crippen LogP contribution in [-0.2, 0) is 0 Å². The average molecular weight is 221 g/mol. The third kappa shape index (κ3) is 1.99. The zero-order valence-electron chi connectivity index (χ0n) is 9.18.